The molecule has 0 aliphatic carbocycles. The number of aromatic nitrogens is 4. The third-order valence-corrected chi connectivity index (χ3v) is 3.85. The Kier molecular flexibility index (Phi) is 2.46. The van der Waals surface area contributed by atoms with Crippen molar-refractivity contribution in [2.24, 2.45) is 0 Å². The predicted octanol–water partition coefficient (Wildman–Crippen LogP) is 2.30. The minimum Gasteiger partial charge on any atom is -0.298 e. The number of allylic oxidation sites excluding steroid dienone is 1. The van der Waals surface area contributed by atoms with E-state index in [4.69, 9.17) is 12.2 Å². The molecular weight excluding hydrogens is 291 g/mol. The number of rotatable bonds is 1. The van der Waals surface area contributed by atoms with Gasteiger partial charge in [0.2, 0.25) is 0 Å². The Bertz CT molecular complexity index is 1030. The van der Waals surface area contributed by atoms with Crippen LogP contribution in [0, 0.1) is 10.6 Å². The molecule has 2 aromatic heterocycles. The van der Waals surface area contributed by atoms with Crippen molar-refractivity contribution in [3.63, 3.8) is 0 Å². The molecule has 0 saturated heterocycles. The van der Waals surface area contributed by atoms with Gasteiger partial charge >= 0.3 is 0 Å². The zero-order chi connectivity index (χ0) is 14.6. The van der Waals surface area contributed by atoms with Crippen molar-refractivity contribution >= 4 is 28.9 Å². The van der Waals surface area contributed by atoms with Crippen LogP contribution in [0.15, 0.2) is 41.3 Å². The van der Waals surface area contributed by atoms with E-state index in [-0.39, 0.29) is 11.4 Å². The first-order valence-corrected chi connectivity index (χ1v) is 6.73. The van der Waals surface area contributed by atoms with Gasteiger partial charge in [-0.1, -0.05) is 12.1 Å². The summed E-state index contributed by atoms with van der Waals surface area (Å²) in [5, 5.41) is 4.72. The number of H-pyrrole nitrogens is 1. The average molecular weight is 300 g/mol. The van der Waals surface area contributed by atoms with Crippen molar-refractivity contribution in [3.05, 3.63) is 63.0 Å². The monoisotopic (exact) mass is 300 g/mol. The lowest BCUT2D eigenvalue weighted by atomic mass is 10.1. The van der Waals surface area contributed by atoms with Gasteiger partial charge in [0, 0.05) is 12.1 Å². The summed E-state index contributed by atoms with van der Waals surface area (Å²) in [4.78, 5) is 14.6. The summed E-state index contributed by atoms with van der Waals surface area (Å²) in [6, 6.07) is 6.28. The highest BCUT2D eigenvalue weighted by atomic mass is 32.1. The van der Waals surface area contributed by atoms with Crippen LogP contribution in [0.2, 0.25) is 0 Å². The van der Waals surface area contributed by atoms with Crippen LogP contribution in [0.4, 0.5) is 4.39 Å². The first kappa shape index (κ1) is 12.2. The first-order valence-electron chi connectivity index (χ1n) is 6.32. The molecule has 0 unspecified atom stereocenters. The van der Waals surface area contributed by atoms with Gasteiger partial charge in [0.05, 0.1) is 11.9 Å². The molecule has 1 aromatic carbocycles. The highest BCUT2D eigenvalue weighted by molar-refractivity contribution is 7.71. The second-order valence-corrected chi connectivity index (χ2v) is 5.15. The Morgan fingerprint density at radius 2 is 2.24 bits per heavy atom. The summed E-state index contributed by atoms with van der Waals surface area (Å²) < 4.78 is 17.2. The molecule has 3 heterocycles. The third-order valence-electron chi connectivity index (χ3n) is 3.53. The Balaban J connectivity index is 2.05. The Morgan fingerprint density at radius 1 is 1.38 bits per heavy atom. The number of halogens is 1. The van der Waals surface area contributed by atoms with Crippen molar-refractivity contribution in [1.29, 1.82) is 0 Å². The van der Waals surface area contributed by atoms with Crippen LogP contribution in [0.3, 0.4) is 0 Å². The maximum Gasteiger partial charge on any atom is 0.262 e. The minimum atomic E-state index is -0.315. The maximum absolute atomic E-state index is 13.4. The quantitative estimate of drug-likeness (QED) is 0.702. The van der Waals surface area contributed by atoms with E-state index in [0.29, 0.717) is 27.9 Å². The molecule has 1 aliphatic rings. The van der Waals surface area contributed by atoms with Crippen molar-refractivity contribution in [3.8, 4) is 0 Å². The van der Waals surface area contributed by atoms with E-state index in [2.05, 4.69) is 10.1 Å². The van der Waals surface area contributed by atoms with Gasteiger partial charge in [0.25, 0.3) is 5.56 Å². The second-order valence-electron chi connectivity index (χ2n) is 4.76. The molecule has 0 amide bonds. The van der Waals surface area contributed by atoms with Gasteiger partial charge in [-0.05, 0) is 30.4 Å². The molecule has 0 bridgehead atoms. The minimum absolute atomic E-state index is 0.266. The van der Waals surface area contributed by atoms with E-state index in [1.54, 1.807) is 21.4 Å². The van der Waals surface area contributed by atoms with Gasteiger partial charge in [-0.3, -0.25) is 14.3 Å². The summed E-state index contributed by atoms with van der Waals surface area (Å²) in [5.41, 5.74) is 1.81. The largest absolute Gasteiger partial charge is 0.298 e. The smallest absolute Gasteiger partial charge is 0.262 e. The van der Waals surface area contributed by atoms with Crippen LogP contribution in [0.5, 0.6) is 0 Å². The molecule has 21 heavy (non-hydrogen) atoms. The molecule has 5 nitrogen and oxygen atoms in total. The summed E-state index contributed by atoms with van der Waals surface area (Å²) >= 11 is 5.18. The summed E-state index contributed by atoms with van der Waals surface area (Å²) in [6.45, 7) is 0.504. The molecule has 0 atom stereocenters. The van der Waals surface area contributed by atoms with E-state index < -0.39 is 0 Å². The van der Waals surface area contributed by atoms with Crippen molar-refractivity contribution in [1.82, 2.24) is 19.3 Å². The predicted molar refractivity (Wildman–Crippen MR) is 79.0 cm³/mol. The highest BCUT2D eigenvalue weighted by Crippen LogP contribution is 2.25. The fraction of sp³-hybridized carbons (Fsp3) is 0.0714. The number of hydrogen-bond acceptors (Lipinski definition) is 3. The number of hydrogen-bond donors (Lipinski definition) is 1. The molecule has 0 spiro atoms. The van der Waals surface area contributed by atoms with Crippen LogP contribution in [0.1, 0.15) is 5.56 Å². The van der Waals surface area contributed by atoms with Gasteiger partial charge in [-0.15, -0.1) is 0 Å². The van der Waals surface area contributed by atoms with Gasteiger partial charge in [-0.2, -0.15) is 5.10 Å². The molecule has 3 aromatic rings. The van der Waals surface area contributed by atoms with E-state index in [0.717, 1.165) is 5.70 Å². The lowest BCUT2D eigenvalue weighted by Gasteiger charge is -2.18. The fourth-order valence-electron chi connectivity index (χ4n) is 2.59. The fourth-order valence-corrected chi connectivity index (χ4v) is 2.84. The summed E-state index contributed by atoms with van der Waals surface area (Å²) in [6.07, 6.45) is 3.40. The third kappa shape index (κ3) is 1.71. The van der Waals surface area contributed by atoms with Crippen molar-refractivity contribution in [2.45, 2.75) is 6.54 Å². The Labute approximate surface area is 123 Å². The van der Waals surface area contributed by atoms with Crippen LogP contribution >= 0.6 is 12.2 Å². The zero-order valence-corrected chi connectivity index (χ0v) is 11.5. The number of benzene rings is 1. The molecule has 0 radical (unpaired) electrons. The standard InChI is InChI=1S/C14H9FN4OS/c15-9-3-1-2-8(6-9)11-4-5-18-13-10(7-16-19(11)13)12(20)17-14(18)21/h1-4,6-7H,5H2,(H,17,20,21). The first-order chi connectivity index (χ1) is 10.1. The SMILES string of the molecule is O=c1[nH]c(=S)n2c3c1cnn3C(c1cccc(F)c1)=CC2. The van der Waals surface area contributed by atoms with E-state index in [9.17, 15) is 9.18 Å². The number of nitrogens with zero attached hydrogens (tertiary/aromatic N) is 3. The van der Waals surface area contributed by atoms with Crippen molar-refractivity contribution < 1.29 is 4.39 Å². The molecular formula is C14H9FN4OS. The van der Waals surface area contributed by atoms with Gasteiger partial charge in [0.1, 0.15) is 11.2 Å². The number of aromatic amines is 1. The van der Waals surface area contributed by atoms with Crippen LogP contribution in [0.25, 0.3) is 16.7 Å². The lowest BCUT2D eigenvalue weighted by Crippen LogP contribution is -2.19. The van der Waals surface area contributed by atoms with E-state index in [1.165, 1.54) is 18.3 Å². The molecule has 0 saturated carbocycles. The highest BCUT2D eigenvalue weighted by Gasteiger charge is 2.19. The normalized spacial score (nSPS) is 13.5. The molecule has 1 aliphatic heterocycles. The van der Waals surface area contributed by atoms with E-state index >= 15 is 0 Å². The average Bonchev–Trinajstić information content (AvgIpc) is 2.90. The van der Waals surface area contributed by atoms with E-state index in [1.807, 2.05) is 6.08 Å². The topological polar surface area (TPSA) is 55.6 Å². The second kappa shape index (κ2) is 4.23. The van der Waals surface area contributed by atoms with Gasteiger partial charge < -0.3 is 0 Å². The van der Waals surface area contributed by atoms with Gasteiger partial charge in [0.15, 0.2) is 10.4 Å². The lowest BCUT2D eigenvalue weighted by molar-refractivity contribution is 0.627. The zero-order valence-electron chi connectivity index (χ0n) is 10.7. The summed E-state index contributed by atoms with van der Waals surface area (Å²) in [7, 11) is 0. The molecule has 4 rings (SSSR count). The Morgan fingerprint density at radius 3 is 3.05 bits per heavy atom. The molecule has 7 heteroatoms. The molecule has 104 valence electrons. The number of nitrogens with one attached hydrogen (secondary N) is 1. The van der Waals surface area contributed by atoms with Gasteiger partial charge in [-0.25, -0.2) is 9.07 Å². The van der Waals surface area contributed by atoms with Crippen LogP contribution < -0.4 is 5.56 Å². The molecule has 1 N–H and O–H groups in total. The Hall–Kier alpha value is -2.54. The molecule has 0 fully saturated rings. The van der Waals surface area contributed by atoms with Crippen LogP contribution in [-0.4, -0.2) is 19.3 Å². The van der Waals surface area contributed by atoms with Crippen LogP contribution in [-0.2, 0) is 6.54 Å². The maximum atomic E-state index is 13.4. The van der Waals surface area contributed by atoms with Crippen molar-refractivity contribution in [2.75, 3.05) is 0 Å². The summed E-state index contributed by atoms with van der Waals surface area (Å²) in [5.74, 6) is -0.315.